The molecule has 0 radical (unpaired) electrons. The van der Waals surface area contributed by atoms with Crippen LogP contribution in [0.15, 0.2) is 63.8 Å². The normalized spacial score (nSPS) is 11.2. The zero-order valence-corrected chi connectivity index (χ0v) is 12.3. The number of methoxy groups -OCH3 is 1. The number of esters is 1. The van der Waals surface area contributed by atoms with Gasteiger partial charge in [-0.15, -0.1) is 0 Å². The summed E-state index contributed by atoms with van der Waals surface area (Å²) in [6.45, 7) is 0. The van der Waals surface area contributed by atoms with Gasteiger partial charge >= 0.3 is 5.97 Å². The van der Waals surface area contributed by atoms with E-state index in [4.69, 9.17) is 9.15 Å². The van der Waals surface area contributed by atoms with Gasteiger partial charge in [-0.2, -0.15) is 0 Å². The highest BCUT2D eigenvalue weighted by atomic mass is 16.5. The van der Waals surface area contributed by atoms with E-state index in [0.717, 1.165) is 5.39 Å². The molecule has 0 aliphatic heterocycles. The van der Waals surface area contributed by atoms with Crippen LogP contribution in [0.2, 0.25) is 0 Å². The Kier molecular flexibility index (Phi) is 2.91. The van der Waals surface area contributed by atoms with Gasteiger partial charge in [-0.1, -0.05) is 24.3 Å². The van der Waals surface area contributed by atoms with Crippen LogP contribution in [0.25, 0.3) is 32.7 Å². The summed E-state index contributed by atoms with van der Waals surface area (Å²) in [5.74, 6) is -0.424. The van der Waals surface area contributed by atoms with E-state index in [1.807, 2.05) is 24.3 Å². The van der Waals surface area contributed by atoms with Crippen LogP contribution in [-0.2, 0) is 4.74 Å². The lowest BCUT2D eigenvalue weighted by molar-refractivity contribution is 0.0601. The number of ether oxygens (including phenoxy) is 1. The Labute approximate surface area is 130 Å². The molecule has 0 unspecified atom stereocenters. The maximum absolute atomic E-state index is 12.7. The minimum Gasteiger partial charge on any atom is -0.465 e. The van der Waals surface area contributed by atoms with Crippen LogP contribution in [-0.4, -0.2) is 13.1 Å². The molecule has 4 nitrogen and oxygen atoms in total. The third-order valence-electron chi connectivity index (χ3n) is 3.98. The molecule has 3 aromatic carbocycles. The molecule has 0 fully saturated rings. The molecule has 0 N–H and O–H groups in total. The van der Waals surface area contributed by atoms with Crippen LogP contribution in [0.5, 0.6) is 0 Å². The van der Waals surface area contributed by atoms with Gasteiger partial charge in [0.1, 0.15) is 11.2 Å². The van der Waals surface area contributed by atoms with Gasteiger partial charge in [-0.25, -0.2) is 4.79 Å². The summed E-state index contributed by atoms with van der Waals surface area (Å²) >= 11 is 0. The predicted molar refractivity (Wildman–Crippen MR) is 88.8 cm³/mol. The Morgan fingerprint density at radius 2 is 1.74 bits per heavy atom. The minimum atomic E-state index is -0.424. The van der Waals surface area contributed by atoms with Gasteiger partial charge in [0.2, 0.25) is 5.43 Å². The first-order valence-electron chi connectivity index (χ1n) is 7.15. The fraction of sp³-hybridized carbons (Fsp3) is 0.0526. The van der Waals surface area contributed by atoms with Crippen LogP contribution < -0.4 is 5.43 Å². The number of hydrogen-bond donors (Lipinski definition) is 0. The van der Waals surface area contributed by atoms with Crippen molar-refractivity contribution in [1.29, 1.82) is 0 Å². The molecule has 0 bridgehead atoms. The van der Waals surface area contributed by atoms with E-state index in [2.05, 4.69) is 0 Å². The predicted octanol–water partition coefficient (Wildman–Crippen LogP) is 3.89. The lowest BCUT2D eigenvalue weighted by Crippen LogP contribution is -2.03. The molecule has 0 amide bonds. The van der Waals surface area contributed by atoms with Crippen molar-refractivity contribution in [2.24, 2.45) is 0 Å². The smallest absolute Gasteiger partial charge is 0.337 e. The van der Waals surface area contributed by atoms with E-state index in [-0.39, 0.29) is 5.43 Å². The van der Waals surface area contributed by atoms with Gasteiger partial charge < -0.3 is 9.15 Å². The first-order chi connectivity index (χ1) is 11.2. The quantitative estimate of drug-likeness (QED) is 0.304. The van der Waals surface area contributed by atoms with Crippen molar-refractivity contribution >= 4 is 38.7 Å². The number of benzene rings is 3. The van der Waals surface area contributed by atoms with Gasteiger partial charge in [0.25, 0.3) is 0 Å². The Balaban J connectivity index is 2.18. The highest BCUT2D eigenvalue weighted by Crippen LogP contribution is 2.27. The van der Waals surface area contributed by atoms with Crippen LogP contribution in [0.1, 0.15) is 10.4 Å². The fourth-order valence-corrected chi connectivity index (χ4v) is 2.82. The Hall–Kier alpha value is -3.14. The second-order valence-corrected chi connectivity index (χ2v) is 5.30. The van der Waals surface area contributed by atoms with Crippen LogP contribution in [0, 0.1) is 0 Å². The molecule has 0 atom stereocenters. The SMILES string of the molecule is COC(=O)c1ccc2ccc3c(=O)c4ccccc4oc3c2c1. The molecule has 0 spiro atoms. The van der Waals surface area contributed by atoms with Crippen LogP contribution in [0.3, 0.4) is 0 Å². The fourth-order valence-electron chi connectivity index (χ4n) is 2.82. The Bertz CT molecular complexity index is 1140. The first kappa shape index (κ1) is 13.5. The summed E-state index contributed by atoms with van der Waals surface area (Å²) in [5.41, 5.74) is 1.36. The largest absolute Gasteiger partial charge is 0.465 e. The van der Waals surface area contributed by atoms with E-state index in [9.17, 15) is 9.59 Å². The average Bonchev–Trinajstić information content (AvgIpc) is 2.60. The maximum Gasteiger partial charge on any atom is 0.337 e. The molecule has 0 saturated heterocycles. The highest BCUT2D eigenvalue weighted by molar-refractivity contribution is 6.08. The van der Waals surface area contributed by atoms with Crippen molar-refractivity contribution < 1.29 is 13.9 Å². The van der Waals surface area contributed by atoms with E-state index >= 15 is 0 Å². The summed E-state index contributed by atoms with van der Waals surface area (Å²) in [6.07, 6.45) is 0. The zero-order chi connectivity index (χ0) is 16.0. The Morgan fingerprint density at radius 1 is 0.957 bits per heavy atom. The molecule has 0 saturated carbocycles. The number of rotatable bonds is 1. The highest BCUT2D eigenvalue weighted by Gasteiger charge is 2.12. The molecular formula is C19H12O4. The average molecular weight is 304 g/mol. The minimum absolute atomic E-state index is 0.0766. The summed E-state index contributed by atoms with van der Waals surface area (Å²) in [4.78, 5) is 24.4. The molecule has 0 aliphatic rings. The molecule has 4 aromatic rings. The number of hydrogen-bond acceptors (Lipinski definition) is 4. The van der Waals surface area contributed by atoms with E-state index in [1.165, 1.54) is 7.11 Å². The topological polar surface area (TPSA) is 56.5 Å². The zero-order valence-electron chi connectivity index (χ0n) is 12.3. The number of fused-ring (bicyclic) bond motifs is 4. The van der Waals surface area contributed by atoms with Crippen molar-refractivity contribution in [2.75, 3.05) is 7.11 Å². The van der Waals surface area contributed by atoms with E-state index in [1.54, 1.807) is 30.3 Å². The maximum atomic E-state index is 12.7. The Morgan fingerprint density at radius 3 is 2.57 bits per heavy atom. The van der Waals surface area contributed by atoms with Crippen molar-refractivity contribution in [3.8, 4) is 0 Å². The van der Waals surface area contributed by atoms with Crippen molar-refractivity contribution in [3.63, 3.8) is 0 Å². The second kappa shape index (κ2) is 4.95. The number of carbonyl (C=O) groups excluding carboxylic acids is 1. The monoisotopic (exact) mass is 304 g/mol. The van der Waals surface area contributed by atoms with Crippen molar-refractivity contribution in [2.45, 2.75) is 0 Å². The lowest BCUT2D eigenvalue weighted by atomic mass is 10.0. The van der Waals surface area contributed by atoms with E-state index < -0.39 is 5.97 Å². The van der Waals surface area contributed by atoms with Crippen LogP contribution in [0.4, 0.5) is 0 Å². The van der Waals surface area contributed by atoms with Gasteiger partial charge in [-0.05, 0) is 35.7 Å². The molecule has 112 valence electrons. The molecule has 0 aliphatic carbocycles. The summed E-state index contributed by atoms with van der Waals surface area (Å²) in [7, 11) is 1.34. The van der Waals surface area contributed by atoms with Crippen molar-refractivity contribution in [3.05, 3.63) is 70.4 Å². The molecule has 23 heavy (non-hydrogen) atoms. The van der Waals surface area contributed by atoms with Gasteiger partial charge in [0, 0.05) is 5.39 Å². The van der Waals surface area contributed by atoms with Gasteiger partial charge in [0.15, 0.2) is 0 Å². The number of carbonyl (C=O) groups is 1. The molecule has 1 heterocycles. The standard InChI is InChI=1S/C19H12O4/c1-22-19(21)12-7-6-11-8-9-14-17(20)13-4-2-3-5-16(13)23-18(14)15(11)10-12/h2-10H,1H3. The third-order valence-corrected chi connectivity index (χ3v) is 3.98. The third kappa shape index (κ3) is 1.99. The summed E-state index contributed by atoms with van der Waals surface area (Å²) in [5, 5.41) is 2.65. The number of para-hydroxylation sites is 1. The first-order valence-corrected chi connectivity index (χ1v) is 7.15. The molecular weight excluding hydrogens is 292 g/mol. The lowest BCUT2D eigenvalue weighted by Gasteiger charge is -2.06. The van der Waals surface area contributed by atoms with Crippen LogP contribution >= 0.6 is 0 Å². The molecule has 4 rings (SSSR count). The van der Waals surface area contributed by atoms with E-state index in [0.29, 0.717) is 32.9 Å². The van der Waals surface area contributed by atoms with Gasteiger partial charge in [0.05, 0.1) is 23.4 Å². The summed E-state index contributed by atoms with van der Waals surface area (Å²) < 4.78 is 10.7. The summed E-state index contributed by atoms with van der Waals surface area (Å²) in [6, 6.07) is 16.0. The van der Waals surface area contributed by atoms with Crippen molar-refractivity contribution in [1.82, 2.24) is 0 Å². The molecule has 1 aromatic heterocycles. The van der Waals surface area contributed by atoms with Gasteiger partial charge in [-0.3, -0.25) is 4.79 Å². The molecule has 4 heteroatoms. The second-order valence-electron chi connectivity index (χ2n) is 5.30.